The summed E-state index contributed by atoms with van der Waals surface area (Å²) in [5.74, 6) is 5.31. The van der Waals surface area contributed by atoms with Gasteiger partial charge in [0.2, 0.25) is 0 Å². The number of hydrogen-bond acceptors (Lipinski definition) is 3. The van der Waals surface area contributed by atoms with Crippen molar-refractivity contribution < 1.29 is 13.9 Å². The molecule has 0 saturated carbocycles. The molecule has 0 bridgehead atoms. The number of carbonyl (C=O) groups is 1. The Morgan fingerprint density at radius 3 is 2.45 bits per heavy atom. The van der Waals surface area contributed by atoms with Gasteiger partial charge in [-0.25, -0.2) is 9.18 Å². The molecule has 1 heterocycles. The van der Waals surface area contributed by atoms with Gasteiger partial charge in [0.1, 0.15) is 12.4 Å². The summed E-state index contributed by atoms with van der Waals surface area (Å²) in [5.41, 5.74) is 5.25. The normalized spacial score (nSPS) is 11.8. The van der Waals surface area contributed by atoms with Crippen molar-refractivity contribution in [2.45, 2.75) is 12.3 Å². The van der Waals surface area contributed by atoms with Crippen LogP contribution in [-0.4, -0.2) is 24.2 Å². The molecule has 0 fully saturated rings. The Morgan fingerprint density at radius 1 is 1.07 bits per heavy atom. The Labute approximate surface area is 168 Å². The quantitative estimate of drug-likeness (QED) is 0.531. The summed E-state index contributed by atoms with van der Waals surface area (Å²) in [6, 6.07) is 17.7. The van der Waals surface area contributed by atoms with E-state index in [2.05, 4.69) is 46.4 Å². The third-order valence-corrected chi connectivity index (χ3v) is 4.80. The molecule has 0 spiro atoms. The largest absolute Gasteiger partial charge is 0.449 e. The van der Waals surface area contributed by atoms with Crippen molar-refractivity contribution in [3.05, 3.63) is 89.5 Å². The minimum atomic E-state index is -0.471. The van der Waals surface area contributed by atoms with E-state index in [1.807, 2.05) is 24.3 Å². The number of pyridine rings is 1. The molecular weight excluding hydrogens is 367 g/mol. The third kappa shape index (κ3) is 4.27. The van der Waals surface area contributed by atoms with Crippen LogP contribution in [0.2, 0.25) is 0 Å². The van der Waals surface area contributed by atoms with E-state index < -0.39 is 11.9 Å². The van der Waals surface area contributed by atoms with Gasteiger partial charge in [-0.05, 0) is 28.3 Å². The number of halogens is 1. The second-order valence-corrected chi connectivity index (χ2v) is 6.70. The van der Waals surface area contributed by atoms with Crippen LogP contribution in [0, 0.1) is 17.7 Å². The first-order valence-corrected chi connectivity index (χ1v) is 9.40. The summed E-state index contributed by atoms with van der Waals surface area (Å²) in [6.07, 6.45) is 2.58. The number of benzene rings is 2. The molecule has 4 rings (SSSR count). The van der Waals surface area contributed by atoms with Crippen molar-refractivity contribution in [2.24, 2.45) is 0 Å². The molecule has 0 radical (unpaired) electrons. The average Bonchev–Trinajstić information content (AvgIpc) is 3.06. The standard InChI is InChI=1S/C24H19FN2O2/c25-18-13-17(14-26-15-18)7-5-6-12-27-24(28)29-16-23-21-10-3-1-8-19(21)20-9-2-4-11-22(20)23/h1-4,8-11,13-15,23H,6,12,16H2,(H,27,28). The van der Waals surface area contributed by atoms with E-state index in [0.717, 1.165) is 6.20 Å². The van der Waals surface area contributed by atoms with Crippen LogP contribution in [0.1, 0.15) is 29.0 Å². The summed E-state index contributed by atoms with van der Waals surface area (Å²) >= 11 is 0. The fraction of sp³-hybridized carbons (Fsp3) is 0.167. The first-order chi connectivity index (χ1) is 14.2. The average molecular weight is 386 g/mol. The summed E-state index contributed by atoms with van der Waals surface area (Å²) < 4.78 is 18.5. The molecule has 5 heteroatoms. The number of alkyl carbamates (subject to hydrolysis) is 1. The number of ether oxygens (including phenoxy) is 1. The van der Waals surface area contributed by atoms with Crippen molar-refractivity contribution in [1.82, 2.24) is 10.3 Å². The Bertz CT molecular complexity index is 1060. The molecule has 29 heavy (non-hydrogen) atoms. The van der Waals surface area contributed by atoms with Crippen LogP contribution in [0.4, 0.5) is 9.18 Å². The monoisotopic (exact) mass is 386 g/mol. The second kappa shape index (κ2) is 8.57. The van der Waals surface area contributed by atoms with Gasteiger partial charge in [0, 0.05) is 30.6 Å². The zero-order valence-electron chi connectivity index (χ0n) is 15.7. The Kier molecular flexibility index (Phi) is 5.53. The SMILES string of the molecule is O=C(NCCC#Cc1cncc(F)c1)OCC1c2ccccc2-c2ccccc21. The van der Waals surface area contributed by atoms with Crippen molar-refractivity contribution in [2.75, 3.05) is 13.2 Å². The van der Waals surface area contributed by atoms with Crippen molar-refractivity contribution >= 4 is 6.09 Å². The van der Waals surface area contributed by atoms with Gasteiger partial charge in [-0.2, -0.15) is 0 Å². The lowest BCUT2D eigenvalue weighted by Gasteiger charge is -2.14. The van der Waals surface area contributed by atoms with Crippen LogP contribution in [0.5, 0.6) is 0 Å². The maximum absolute atomic E-state index is 13.0. The van der Waals surface area contributed by atoms with Crippen molar-refractivity contribution in [3.63, 3.8) is 0 Å². The lowest BCUT2D eigenvalue weighted by atomic mass is 9.98. The number of aromatic nitrogens is 1. The Morgan fingerprint density at radius 2 is 1.76 bits per heavy atom. The topological polar surface area (TPSA) is 51.2 Å². The zero-order chi connectivity index (χ0) is 20.1. The van der Waals surface area contributed by atoms with Crippen LogP contribution in [0.3, 0.4) is 0 Å². The number of rotatable bonds is 4. The van der Waals surface area contributed by atoms with Gasteiger partial charge in [0.05, 0.1) is 6.20 Å². The summed E-state index contributed by atoms with van der Waals surface area (Å²) in [4.78, 5) is 15.8. The van der Waals surface area contributed by atoms with Gasteiger partial charge < -0.3 is 10.1 Å². The molecule has 3 aromatic rings. The highest BCUT2D eigenvalue weighted by Gasteiger charge is 2.28. The van der Waals surface area contributed by atoms with Crippen LogP contribution in [0.15, 0.2) is 67.0 Å². The molecule has 0 saturated heterocycles. The van der Waals surface area contributed by atoms with Gasteiger partial charge in [-0.15, -0.1) is 0 Å². The minimum Gasteiger partial charge on any atom is -0.449 e. The third-order valence-electron chi connectivity index (χ3n) is 4.80. The smallest absolute Gasteiger partial charge is 0.407 e. The number of amides is 1. The fourth-order valence-electron chi connectivity index (χ4n) is 3.52. The first-order valence-electron chi connectivity index (χ1n) is 9.40. The molecule has 2 aromatic carbocycles. The van der Waals surface area contributed by atoms with Crippen LogP contribution in [0.25, 0.3) is 11.1 Å². The molecule has 144 valence electrons. The van der Waals surface area contributed by atoms with Gasteiger partial charge in [0.15, 0.2) is 0 Å². The van der Waals surface area contributed by atoms with Gasteiger partial charge in [0.25, 0.3) is 0 Å². The molecule has 4 nitrogen and oxygen atoms in total. The van der Waals surface area contributed by atoms with E-state index in [-0.39, 0.29) is 12.5 Å². The summed E-state index contributed by atoms with van der Waals surface area (Å²) in [7, 11) is 0. The zero-order valence-corrected chi connectivity index (χ0v) is 15.7. The minimum absolute atomic E-state index is 0.0356. The van der Waals surface area contributed by atoms with Crippen molar-refractivity contribution in [3.8, 4) is 23.0 Å². The molecule has 1 N–H and O–H groups in total. The molecule has 0 unspecified atom stereocenters. The number of carbonyl (C=O) groups excluding carboxylic acids is 1. The molecular formula is C24H19FN2O2. The van der Waals surface area contributed by atoms with Crippen LogP contribution < -0.4 is 5.32 Å². The number of fused-ring (bicyclic) bond motifs is 3. The predicted octanol–water partition coefficient (Wildman–Crippen LogP) is 4.50. The number of nitrogens with zero attached hydrogens (tertiary/aromatic N) is 1. The lowest BCUT2D eigenvalue weighted by molar-refractivity contribution is 0.143. The molecule has 1 aromatic heterocycles. The highest BCUT2D eigenvalue weighted by atomic mass is 19.1. The maximum atomic E-state index is 13.0. The lowest BCUT2D eigenvalue weighted by Crippen LogP contribution is -2.26. The molecule has 1 amide bonds. The number of hydrogen-bond donors (Lipinski definition) is 1. The van der Waals surface area contributed by atoms with Gasteiger partial charge in [-0.1, -0.05) is 60.4 Å². The maximum Gasteiger partial charge on any atom is 0.407 e. The predicted molar refractivity (Wildman–Crippen MR) is 109 cm³/mol. The van der Waals surface area contributed by atoms with E-state index in [0.29, 0.717) is 18.5 Å². The molecule has 0 atom stereocenters. The first kappa shape index (κ1) is 18.7. The molecule has 1 aliphatic carbocycles. The van der Waals surface area contributed by atoms with Crippen molar-refractivity contribution in [1.29, 1.82) is 0 Å². The van der Waals surface area contributed by atoms with E-state index in [1.54, 1.807) is 0 Å². The van der Waals surface area contributed by atoms with Gasteiger partial charge >= 0.3 is 6.09 Å². The highest BCUT2D eigenvalue weighted by Crippen LogP contribution is 2.44. The van der Waals surface area contributed by atoms with E-state index in [1.165, 1.54) is 34.5 Å². The van der Waals surface area contributed by atoms with E-state index in [4.69, 9.17) is 4.74 Å². The van der Waals surface area contributed by atoms with Crippen LogP contribution >= 0.6 is 0 Å². The molecule has 0 aliphatic heterocycles. The second-order valence-electron chi connectivity index (χ2n) is 6.70. The highest BCUT2D eigenvalue weighted by molar-refractivity contribution is 5.79. The fourth-order valence-corrected chi connectivity index (χ4v) is 3.52. The van der Waals surface area contributed by atoms with E-state index in [9.17, 15) is 9.18 Å². The molecule has 1 aliphatic rings. The summed E-state index contributed by atoms with van der Waals surface area (Å²) in [5, 5.41) is 2.70. The van der Waals surface area contributed by atoms with Gasteiger partial charge in [-0.3, -0.25) is 4.98 Å². The Balaban J connectivity index is 1.29. The summed E-state index contributed by atoms with van der Waals surface area (Å²) in [6.45, 7) is 0.632. The van der Waals surface area contributed by atoms with Crippen LogP contribution in [-0.2, 0) is 4.74 Å². The number of nitrogens with one attached hydrogen (secondary N) is 1. The Hall–Kier alpha value is -3.65. The van der Waals surface area contributed by atoms with E-state index >= 15 is 0 Å².